The Kier molecular flexibility index (Phi) is 6.04. The first-order valence-electron chi connectivity index (χ1n) is 10.6. The number of hydrogen-bond donors (Lipinski definition) is 1. The van der Waals surface area contributed by atoms with Gasteiger partial charge in [-0.05, 0) is 66.8 Å². The number of carbonyl (C=O) groups excluding carboxylic acids is 1. The number of carbonyl (C=O) groups is 1. The SMILES string of the molecule is COC(=O)c1ccccc1-c1ccc([C@H]2[C@@H](c3ccccn3)NC(=S)N2c2ccc(Cl)cc2)o1. The lowest BCUT2D eigenvalue weighted by Gasteiger charge is -2.26. The third-order valence-electron chi connectivity index (χ3n) is 5.72. The van der Waals surface area contributed by atoms with Crippen molar-refractivity contribution in [3.8, 4) is 11.3 Å². The van der Waals surface area contributed by atoms with Crippen molar-refractivity contribution < 1.29 is 13.9 Å². The molecule has 0 unspecified atom stereocenters. The van der Waals surface area contributed by atoms with Gasteiger partial charge in [0.15, 0.2) is 5.11 Å². The summed E-state index contributed by atoms with van der Waals surface area (Å²) in [6.45, 7) is 0. The molecule has 6 nitrogen and oxygen atoms in total. The number of benzene rings is 2. The lowest BCUT2D eigenvalue weighted by atomic mass is 10.0. The van der Waals surface area contributed by atoms with Gasteiger partial charge in [0, 0.05) is 22.5 Å². The van der Waals surface area contributed by atoms with Crippen LogP contribution < -0.4 is 10.2 Å². The summed E-state index contributed by atoms with van der Waals surface area (Å²) >= 11 is 11.9. The zero-order chi connectivity index (χ0) is 23.7. The molecule has 0 amide bonds. The van der Waals surface area contributed by atoms with Crippen LogP contribution in [0.1, 0.15) is 33.9 Å². The average molecular weight is 490 g/mol. The lowest BCUT2D eigenvalue weighted by Crippen LogP contribution is -2.29. The molecule has 0 aliphatic carbocycles. The zero-order valence-corrected chi connectivity index (χ0v) is 19.7. The number of methoxy groups -OCH3 is 1. The molecule has 4 aromatic rings. The first kappa shape index (κ1) is 22.1. The number of thiocarbonyl (C=S) groups is 1. The number of hydrogen-bond acceptors (Lipinski definition) is 5. The molecular weight excluding hydrogens is 470 g/mol. The highest BCUT2D eigenvalue weighted by molar-refractivity contribution is 7.80. The molecule has 1 aliphatic rings. The van der Waals surface area contributed by atoms with Crippen molar-refractivity contribution >= 4 is 40.6 Å². The molecule has 5 rings (SSSR count). The highest BCUT2D eigenvalue weighted by atomic mass is 35.5. The maximum absolute atomic E-state index is 12.3. The standard InChI is InChI=1S/C26H20ClN3O3S/c1-32-25(31)19-7-3-2-6-18(19)21-13-14-22(33-21)24-23(20-8-4-5-15-28-20)29-26(34)30(24)17-11-9-16(27)10-12-17/h2-15,23-24H,1H3,(H,29,34)/t23-,24+/m1/s1. The number of nitrogens with zero attached hydrogens (tertiary/aromatic N) is 2. The third kappa shape index (κ3) is 4.04. The van der Waals surface area contributed by atoms with Crippen molar-refractivity contribution in [2.24, 2.45) is 0 Å². The number of rotatable bonds is 5. The predicted octanol–water partition coefficient (Wildman–Crippen LogP) is 5.96. The third-order valence-corrected chi connectivity index (χ3v) is 6.29. The fraction of sp³-hybridized carbons (Fsp3) is 0.115. The van der Waals surface area contributed by atoms with Crippen molar-refractivity contribution in [1.29, 1.82) is 0 Å². The van der Waals surface area contributed by atoms with Gasteiger partial charge < -0.3 is 19.4 Å². The van der Waals surface area contributed by atoms with Crippen LogP contribution >= 0.6 is 23.8 Å². The Balaban J connectivity index is 1.60. The highest BCUT2D eigenvalue weighted by Crippen LogP contribution is 2.43. The second-order valence-electron chi connectivity index (χ2n) is 7.71. The summed E-state index contributed by atoms with van der Waals surface area (Å²) in [5.74, 6) is 0.809. The van der Waals surface area contributed by atoms with Gasteiger partial charge in [-0.1, -0.05) is 35.9 Å². The Hall–Kier alpha value is -3.68. The zero-order valence-electron chi connectivity index (χ0n) is 18.1. The number of ether oxygens (including phenoxy) is 1. The number of pyridine rings is 1. The second kappa shape index (κ2) is 9.29. The Bertz CT molecular complexity index is 1340. The molecule has 0 saturated carbocycles. The normalized spacial score (nSPS) is 17.5. The van der Waals surface area contributed by atoms with Gasteiger partial charge in [0.2, 0.25) is 0 Å². The van der Waals surface area contributed by atoms with Gasteiger partial charge in [0.25, 0.3) is 0 Å². The molecule has 170 valence electrons. The largest absolute Gasteiger partial charge is 0.465 e. The number of halogens is 1. The predicted molar refractivity (Wildman–Crippen MR) is 135 cm³/mol. The van der Waals surface area contributed by atoms with Gasteiger partial charge in [-0.3, -0.25) is 4.98 Å². The van der Waals surface area contributed by atoms with Gasteiger partial charge in [-0.15, -0.1) is 0 Å². The van der Waals surface area contributed by atoms with E-state index in [2.05, 4.69) is 10.3 Å². The Morgan fingerprint density at radius 1 is 1.06 bits per heavy atom. The van der Waals surface area contributed by atoms with E-state index < -0.39 is 5.97 Å². The van der Waals surface area contributed by atoms with E-state index in [1.165, 1.54) is 7.11 Å². The first-order chi connectivity index (χ1) is 16.6. The molecule has 2 atom stereocenters. The Morgan fingerprint density at radius 2 is 1.82 bits per heavy atom. The van der Waals surface area contributed by atoms with E-state index in [9.17, 15) is 4.79 Å². The Labute approximate surface area is 207 Å². The summed E-state index contributed by atoms with van der Waals surface area (Å²) in [5.41, 5.74) is 2.79. The maximum atomic E-state index is 12.3. The van der Waals surface area contributed by atoms with Gasteiger partial charge in [0.1, 0.15) is 17.6 Å². The molecule has 34 heavy (non-hydrogen) atoms. The minimum absolute atomic E-state index is 0.251. The topological polar surface area (TPSA) is 67.6 Å². The summed E-state index contributed by atoms with van der Waals surface area (Å²) in [4.78, 5) is 18.9. The van der Waals surface area contributed by atoms with E-state index >= 15 is 0 Å². The minimum atomic E-state index is -0.425. The molecule has 1 aliphatic heterocycles. The molecule has 0 spiro atoms. The molecule has 3 heterocycles. The quantitative estimate of drug-likeness (QED) is 0.274. The fourth-order valence-corrected chi connectivity index (χ4v) is 4.64. The molecule has 2 aromatic heterocycles. The number of nitrogens with one attached hydrogen (secondary N) is 1. The van der Waals surface area contributed by atoms with Crippen molar-refractivity contribution in [3.05, 3.63) is 107 Å². The van der Waals surface area contributed by atoms with Crippen LogP contribution in [0.2, 0.25) is 5.02 Å². The van der Waals surface area contributed by atoms with Crippen molar-refractivity contribution in [2.75, 3.05) is 12.0 Å². The fourth-order valence-electron chi connectivity index (χ4n) is 4.17. The molecule has 1 fully saturated rings. The smallest absolute Gasteiger partial charge is 0.338 e. The summed E-state index contributed by atoms with van der Waals surface area (Å²) < 4.78 is 11.3. The monoisotopic (exact) mass is 489 g/mol. The van der Waals surface area contributed by atoms with Crippen LogP contribution in [-0.2, 0) is 4.74 Å². The van der Waals surface area contributed by atoms with E-state index in [0.717, 1.165) is 11.4 Å². The van der Waals surface area contributed by atoms with Crippen LogP contribution in [0.4, 0.5) is 5.69 Å². The van der Waals surface area contributed by atoms with Crippen LogP contribution in [0.5, 0.6) is 0 Å². The number of anilines is 1. The summed E-state index contributed by atoms with van der Waals surface area (Å²) in [7, 11) is 1.36. The number of furan rings is 1. The maximum Gasteiger partial charge on any atom is 0.338 e. The number of esters is 1. The molecular formula is C26H20ClN3O3S. The summed E-state index contributed by atoms with van der Waals surface area (Å²) in [6.07, 6.45) is 1.75. The van der Waals surface area contributed by atoms with E-state index in [-0.39, 0.29) is 12.1 Å². The van der Waals surface area contributed by atoms with E-state index in [0.29, 0.717) is 32.8 Å². The average Bonchev–Trinajstić information content (AvgIpc) is 3.49. The van der Waals surface area contributed by atoms with Crippen LogP contribution in [0.3, 0.4) is 0 Å². The Morgan fingerprint density at radius 3 is 2.56 bits per heavy atom. The number of aromatic nitrogens is 1. The molecule has 1 N–H and O–H groups in total. The molecule has 0 bridgehead atoms. The van der Waals surface area contributed by atoms with E-state index in [4.69, 9.17) is 33.0 Å². The van der Waals surface area contributed by atoms with Crippen LogP contribution in [-0.4, -0.2) is 23.2 Å². The second-order valence-corrected chi connectivity index (χ2v) is 8.54. The minimum Gasteiger partial charge on any atom is -0.465 e. The van der Waals surface area contributed by atoms with Crippen molar-refractivity contribution in [2.45, 2.75) is 12.1 Å². The van der Waals surface area contributed by atoms with Gasteiger partial charge >= 0.3 is 5.97 Å². The van der Waals surface area contributed by atoms with E-state index in [1.807, 2.05) is 71.6 Å². The highest BCUT2D eigenvalue weighted by Gasteiger charge is 2.42. The lowest BCUT2D eigenvalue weighted by molar-refractivity contribution is 0.0601. The van der Waals surface area contributed by atoms with Gasteiger partial charge in [-0.2, -0.15) is 0 Å². The summed E-state index contributed by atoms with van der Waals surface area (Å²) in [5, 5.41) is 4.59. The van der Waals surface area contributed by atoms with Crippen LogP contribution in [0, 0.1) is 0 Å². The van der Waals surface area contributed by atoms with Crippen molar-refractivity contribution in [3.63, 3.8) is 0 Å². The van der Waals surface area contributed by atoms with E-state index in [1.54, 1.807) is 18.3 Å². The van der Waals surface area contributed by atoms with Crippen LogP contribution in [0.25, 0.3) is 11.3 Å². The molecule has 2 aromatic carbocycles. The van der Waals surface area contributed by atoms with Crippen molar-refractivity contribution in [1.82, 2.24) is 10.3 Å². The molecule has 0 radical (unpaired) electrons. The summed E-state index contributed by atoms with van der Waals surface area (Å²) in [6, 6.07) is 23.6. The van der Waals surface area contributed by atoms with Crippen LogP contribution in [0.15, 0.2) is 89.5 Å². The van der Waals surface area contributed by atoms with Gasteiger partial charge in [0.05, 0.1) is 24.4 Å². The molecule has 8 heteroatoms. The van der Waals surface area contributed by atoms with Gasteiger partial charge in [-0.25, -0.2) is 4.79 Å². The first-order valence-corrected chi connectivity index (χ1v) is 11.4. The molecule has 1 saturated heterocycles.